The molecule has 1 fully saturated rings. The molecule has 0 amide bonds. The van der Waals surface area contributed by atoms with E-state index < -0.39 is 0 Å². The Kier molecular flexibility index (Phi) is 6.65. The second-order valence-electron chi connectivity index (χ2n) is 5.03. The van der Waals surface area contributed by atoms with Crippen LogP contribution in [0, 0.1) is 0 Å². The Bertz CT molecular complexity index is 596. The Morgan fingerprint density at radius 3 is 3.09 bits per heavy atom. The number of ether oxygens (including phenoxy) is 1. The topological polar surface area (TPSA) is 37.4 Å². The van der Waals surface area contributed by atoms with Crippen molar-refractivity contribution in [1.82, 2.24) is 15.2 Å². The van der Waals surface area contributed by atoms with Gasteiger partial charge in [-0.05, 0) is 33.6 Å². The van der Waals surface area contributed by atoms with Gasteiger partial charge in [-0.15, -0.1) is 23.7 Å². The number of nitrogens with one attached hydrogen (secondary N) is 1. The lowest BCUT2D eigenvalue weighted by molar-refractivity contribution is 0.155. The van der Waals surface area contributed by atoms with Crippen LogP contribution >= 0.6 is 39.7 Å². The number of hydrogen-bond donors (Lipinski definition) is 1. The summed E-state index contributed by atoms with van der Waals surface area (Å²) in [7, 11) is 1.71. The maximum atomic E-state index is 5.36. The van der Waals surface area contributed by atoms with Crippen molar-refractivity contribution >= 4 is 39.7 Å². The van der Waals surface area contributed by atoms with E-state index in [-0.39, 0.29) is 12.4 Å². The molecule has 1 atom stereocenters. The largest absolute Gasteiger partial charge is 0.486 e. The number of rotatable bonds is 4. The zero-order chi connectivity index (χ0) is 14.7. The third-order valence-electron chi connectivity index (χ3n) is 3.67. The van der Waals surface area contributed by atoms with Crippen LogP contribution in [0.5, 0.6) is 5.06 Å². The maximum absolute atomic E-state index is 5.36. The molecule has 1 aliphatic heterocycles. The van der Waals surface area contributed by atoms with Gasteiger partial charge in [-0.1, -0.05) is 6.07 Å². The van der Waals surface area contributed by atoms with Crippen LogP contribution in [-0.4, -0.2) is 36.6 Å². The third kappa shape index (κ3) is 4.00. The molecular formula is C15H19BrClN3OS. The lowest BCUT2D eigenvalue weighted by Gasteiger charge is -2.36. The molecule has 1 N–H and O–H groups in total. The molecule has 0 aromatic carbocycles. The van der Waals surface area contributed by atoms with Crippen LogP contribution in [0.2, 0.25) is 0 Å². The van der Waals surface area contributed by atoms with Gasteiger partial charge in [0.05, 0.1) is 11.6 Å². The number of hydrogen-bond acceptors (Lipinski definition) is 5. The van der Waals surface area contributed by atoms with Gasteiger partial charge in [0.2, 0.25) is 0 Å². The number of halogens is 2. The average molecular weight is 405 g/mol. The highest BCUT2D eigenvalue weighted by molar-refractivity contribution is 9.10. The van der Waals surface area contributed by atoms with Crippen LogP contribution < -0.4 is 10.1 Å². The Morgan fingerprint density at radius 1 is 1.55 bits per heavy atom. The van der Waals surface area contributed by atoms with Gasteiger partial charge in [0, 0.05) is 49.5 Å². The molecule has 1 aliphatic rings. The monoisotopic (exact) mass is 403 g/mol. The first kappa shape index (κ1) is 17.7. The predicted octanol–water partition coefficient (Wildman–Crippen LogP) is 3.48. The summed E-state index contributed by atoms with van der Waals surface area (Å²) >= 11 is 5.25. The van der Waals surface area contributed by atoms with Gasteiger partial charge in [-0.3, -0.25) is 9.88 Å². The van der Waals surface area contributed by atoms with E-state index in [1.807, 2.05) is 18.5 Å². The smallest absolute Gasteiger partial charge is 0.188 e. The van der Waals surface area contributed by atoms with Crippen LogP contribution in [0.4, 0.5) is 0 Å². The minimum atomic E-state index is 0. The Morgan fingerprint density at radius 2 is 2.41 bits per heavy atom. The van der Waals surface area contributed by atoms with Crippen molar-refractivity contribution in [2.45, 2.75) is 12.6 Å². The molecule has 2 aromatic rings. The van der Waals surface area contributed by atoms with Gasteiger partial charge in [-0.2, -0.15) is 0 Å². The molecule has 4 nitrogen and oxygen atoms in total. The van der Waals surface area contributed by atoms with Crippen LogP contribution in [0.15, 0.2) is 35.1 Å². The van der Waals surface area contributed by atoms with Crippen molar-refractivity contribution in [3.63, 3.8) is 0 Å². The fraction of sp³-hybridized carbons (Fsp3) is 0.400. The average Bonchev–Trinajstić information content (AvgIpc) is 2.88. The van der Waals surface area contributed by atoms with Gasteiger partial charge < -0.3 is 10.1 Å². The Balaban J connectivity index is 0.00000176. The molecule has 2 aromatic heterocycles. The molecule has 0 aliphatic carbocycles. The lowest BCUT2D eigenvalue weighted by atomic mass is 10.1. The second kappa shape index (κ2) is 8.26. The fourth-order valence-corrected chi connectivity index (χ4v) is 4.37. The first-order chi connectivity index (χ1) is 10.3. The molecule has 0 radical (unpaired) electrons. The molecule has 22 heavy (non-hydrogen) atoms. The summed E-state index contributed by atoms with van der Waals surface area (Å²) < 4.78 is 6.40. The standard InChI is InChI=1S/C15H18BrN3OS.ClH/c1-20-15-13(16)7-12(21-15)10-19-6-5-18-9-14(19)11-3-2-4-17-8-11;/h2-4,7-8,14,18H,5-6,9-10H2,1H3;1H. The number of aromatic nitrogens is 1. The molecule has 0 bridgehead atoms. The quantitative estimate of drug-likeness (QED) is 0.846. The fourth-order valence-electron chi connectivity index (χ4n) is 2.65. The van der Waals surface area contributed by atoms with E-state index >= 15 is 0 Å². The Labute approximate surface area is 149 Å². The van der Waals surface area contributed by atoms with E-state index in [0.717, 1.165) is 35.7 Å². The molecule has 0 saturated carbocycles. The highest BCUT2D eigenvalue weighted by atomic mass is 79.9. The van der Waals surface area contributed by atoms with E-state index in [4.69, 9.17) is 4.74 Å². The number of thiophene rings is 1. The Hall–Kier alpha value is -0.660. The molecular weight excluding hydrogens is 386 g/mol. The van der Waals surface area contributed by atoms with Gasteiger partial charge in [0.15, 0.2) is 5.06 Å². The van der Waals surface area contributed by atoms with E-state index in [9.17, 15) is 0 Å². The molecule has 3 heterocycles. The first-order valence-electron chi connectivity index (χ1n) is 6.95. The summed E-state index contributed by atoms with van der Waals surface area (Å²) in [6.45, 7) is 3.97. The molecule has 3 rings (SSSR count). The summed E-state index contributed by atoms with van der Waals surface area (Å²) in [5.41, 5.74) is 1.27. The van der Waals surface area contributed by atoms with Gasteiger partial charge >= 0.3 is 0 Å². The van der Waals surface area contributed by atoms with Crippen molar-refractivity contribution in [1.29, 1.82) is 0 Å². The van der Waals surface area contributed by atoms with Gasteiger partial charge in [0.1, 0.15) is 0 Å². The van der Waals surface area contributed by atoms with Crippen molar-refractivity contribution in [2.75, 3.05) is 26.7 Å². The summed E-state index contributed by atoms with van der Waals surface area (Å²) in [6.07, 6.45) is 3.79. The van der Waals surface area contributed by atoms with Crippen molar-refractivity contribution in [3.8, 4) is 5.06 Å². The second-order valence-corrected chi connectivity index (χ2v) is 6.98. The summed E-state index contributed by atoms with van der Waals surface area (Å²) in [6, 6.07) is 6.70. The number of nitrogens with zero attached hydrogens (tertiary/aromatic N) is 2. The highest BCUT2D eigenvalue weighted by Crippen LogP contribution is 2.36. The summed E-state index contributed by atoms with van der Waals surface area (Å²) in [4.78, 5) is 8.07. The van der Waals surface area contributed by atoms with Crippen LogP contribution in [0.1, 0.15) is 16.5 Å². The molecule has 7 heteroatoms. The maximum Gasteiger partial charge on any atom is 0.188 e. The minimum Gasteiger partial charge on any atom is -0.486 e. The number of piperazine rings is 1. The molecule has 0 spiro atoms. The van der Waals surface area contributed by atoms with E-state index in [0.29, 0.717) is 6.04 Å². The zero-order valence-electron chi connectivity index (χ0n) is 12.3. The van der Waals surface area contributed by atoms with Crippen LogP contribution in [-0.2, 0) is 6.54 Å². The van der Waals surface area contributed by atoms with Crippen LogP contribution in [0.3, 0.4) is 0 Å². The normalized spacial score (nSPS) is 18.7. The summed E-state index contributed by atoms with van der Waals surface area (Å²) in [5, 5.41) is 4.42. The third-order valence-corrected chi connectivity index (χ3v) is 5.61. The van der Waals surface area contributed by atoms with E-state index in [1.165, 1.54) is 10.4 Å². The summed E-state index contributed by atoms with van der Waals surface area (Å²) in [5.74, 6) is 0. The minimum absolute atomic E-state index is 0. The van der Waals surface area contributed by atoms with Crippen molar-refractivity contribution in [2.24, 2.45) is 0 Å². The van der Waals surface area contributed by atoms with Crippen molar-refractivity contribution < 1.29 is 4.74 Å². The van der Waals surface area contributed by atoms with E-state index in [1.54, 1.807) is 18.4 Å². The number of pyridine rings is 1. The van der Waals surface area contributed by atoms with Gasteiger partial charge in [0.25, 0.3) is 0 Å². The van der Waals surface area contributed by atoms with Gasteiger partial charge in [-0.25, -0.2) is 0 Å². The van der Waals surface area contributed by atoms with Crippen LogP contribution in [0.25, 0.3) is 0 Å². The van der Waals surface area contributed by atoms with Crippen molar-refractivity contribution in [3.05, 3.63) is 45.5 Å². The number of methoxy groups -OCH3 is 1. The SMILES string of the molecule is COc1sc(CN2CCNCC2c2cccnc2)cc1Br.Cl. The predicted molar refractivity (Wildman–Crippen MR) is 96.1 cm³/mol. The molecule has 120 valence electrons. The first-order valence-corrected chi connectivity index (χ1v) is 8.56. The highest BCUT2D eigenvalue weighted by Gasteiger charge is 2.24. The molecule has 1 unspecified atom stereocenters. The molecule has 1 saturated heterocycles. The van der Waals surface area contributed by atoms with E-state index in [2.05, 4.69) is 43.3 Å². The zero-order valence-corrected chi connectivity index (χ0v) is 15.5. The lowest BCUT2D eigenvalue weighted by Crippen LogP contribution is -2.45.